The first-order chi connectivity index (χ1) is 14.8. The van der Waals surface area contributed by atoms with Crippen LogP contribution in [0.1, 0.15) is 84.0 Å². The highest BCUT2D eigenvalue weighted by Gasteiger charge is 2.26. The van der Waals surface area contributed by atoms with Crippen LogP contribution in [0.2, 0.25) is 0 Å². The van der Waals surface area contributed by atoms with Gasteiger partial charge in [-0.1, -0.05) is 53.7 Å². The van der Waals surface area contributed by atoms with Crippen LogP contribution in [0.4, 0.5) is 0 Å². The van der Waals surface area contributed by atoms with Gasteiger partial charge in [0.15, 0.2) is 0 Å². The zero-order chi connectivity index (χ0) is 24.2. The third-order valence-electron chi connectivity index (χ3n) is 6.64. The van der Waals surface area contributed by atoms with Gasteiger partial charge in [-0.25, -0.2) is 13.1 Å². The minimum Gasteiger partial charge on any atom is -0.493 e. The zero-order valence-electron chi connectivity index (χ0n) is 21.1. The first kappa shape index (κ1) is 26.4. The quantitative estimate of drug-likeness (QED) is 0.437. The van der Waals surface area contributed by atoms with Crippen molar-refractivity contribution < 1.29 is 13.2 Å². The van der Waals surface area contributed by atoms with Gasteiger partial charge in [0.1, 0.15) is 10.6 Å². The summed E-state index contributed by atoms with van der Waals surface area (Å²) in [6, 6.07) is 6.60. The zero-order valence-corrected chi connectivity index (χ0v) is 21.9. The molecule has 7 heteroatoms. The molecule has 180 valence electrons. The van der Waals surface area contributed by atoms with Crippen LogP contribution in [0, 0.1) is 6.92 Å². The van der Waals surface area contributed by atoms with Crippen molar-refractivity contribution in [1.29, 1.82) is 0 Å². The molecule has 1 N–H and O–H groups in total. The number of unbranched alkanes of at least 4 members (excludes halogenated alkanes) is 1. The minimum atomic E-state index is -3.53. The van der Waals surface area contributed by atoms with Gasteiger partial charge in [0.05, 0.1) is 12.3 Å². The summed E-state index contributed by atoms with van der Waals surface area (Å²) < 4.78 is 35.3. The van der Waals surface area contributed by atoms with E-state index in [1.807, 2.05) is 0 Å². The Morgan fingerprint density at radius 2 is 1.72 bits per heavy atom. The summed E-state index contributed by atoms with van der Waals surface area (Å²) in [5, 5.41) is 4.11. The molecule has 0 amide bonds. The molecule has 2 rings (SSSR count). The number of hydrogen-bond acceptors (Lipinski definition) is 4. The maximum absolute atomic E-state index is 12.5. The number of nitrogens with zero attached hydrogens (tertiary/aromatic N) is 2. The maximum atomic E-state index is 12.5. The van der Waals surface area contributed by atoms with Gasteiger partial charge >= 0.3 is 0 Å². The number of benzene rings is 1. The van der Waals surface area contributed by atoms with Crippen molar-refractivity contribution in [2.45, 2.75) is 89.9 Å². The number of nitrogens with one attached hydrogen (secondary N) is 1. The van der Waals surface area contributed by atoms with Crippen molar-refractivity contribution in [3.05, 3.63) is 41.2 Å². The van der Waals surface area contributed by atoms with Crippen molar-refractivity contribution in [2.75, 3.05) is 13.2 Å². The molecular formula is C25H41N3O3S. The standard InChI is InChI=1S/C25H41N3O3S/c1-9-24(4,5)20-13-14-22(21(17-20)25(6,7)10-2)31-16-12-11-15-26-32(29,30)23-18-28(8)27-19(23)3/h13-14,17-18,26H,9-12,15-16H2,1-8H3. The Kier molecular flexibility index (Phi) is 8.56. The fourth-order valence-electron chi connectivity index (χ4n) is 3.54. The van der Waals surface area contributed by atoms with E-state index in [0.717, 1.165) is 25.0 Å². The van der Waals surface area contributed by atoms with E-state index in [0.29, 0.717) is 25.3 Å². The third kappa shape index (κ3) is 6.35. The Hall–Kier alpha value is -1.86. The van der Waals surface area contributed by atoms with Crippen LogP contribution in [-0.4, -0.2) is 31.3 Å². The van der Waals surface area contributed by atoms with E-state index in [1.165, 1.54) is 22.0 Å². The topological polar surface area (TPSA) is 73.2 Å². The maximum Gasteiger partial charge on any atom is 0.243 e. The monoisotopic (exact) mass is 463 g/mol. The van der Waals surface area contributed by atoms with Crippen LogP contribution in [0.3, 0.4) is 0 Å². The molecule has 32 heavy (non-hydrogen) atoms. The summed E-state index contributed by atoms with van der Waals surface area (Å²) in [7, 11) is -1.82. The molecule has 0 aliphatic carbocycles. The van der Waals surface area contributed by atoms with Gasteiger partial charge in [-0.05, 0) is 55.1 Å². The summed E-state index contributed by atoms with van der Waals surface area (Å²) in [5.74, 6) is 0.930. The largest absolute Gasteiger partial charge is 0.493 e. The fraction of sp³-hybridized carbons (Fsp3) is 0.640. The molecule has 1 aromatic heterocycles. The fourth-order valence-corrected chi connectivity index (χ4v) is 4.83. The summed E-state index contributed by atoms with van der Waals surface area (Å²) in [5.41, 5.74) is 3.23. The second-order valence-electron chi connectivity index (χ2n) is 9.89. The number of ether oxygens (including phenoxy) is 1. The predicted octanol–water partition coefficient (Wildman–Crippen LogP) is 5.24. The summed E-state index contributed by atoms with van der Waals surface area (Å²) >= 11 is 0. The van der Waals surface area contributed by atoms with Crippen molar-refractivity contribution in [2.24, 2.45) is 7.05 Å². The van der Waals surface area contributed by atoms with Gasteiger partial charge in [-0.2, -0.15) is 5.10 Å². The van der Waals surface area contributed by atoms with Crippen LogP contribution in [-0.2, 0) is 27.9 Å². The molecule has 0 unspecified atom stereocenters. The molecular weight excluding hydrogens is 422 g/mol. The summed E-state index contributed by atoms with van der Waals surface area (Å²) in [4.78, 5) is 0.234. The Morgan fingerprint density at radius 1 is 1.06 bits per heavy atom. The molecule has 0 aliphatic heterocycles. The normalized spacial score (nSPS) is 12.9. The molecule has 0 aliphatic rings. The number of aromatic nitrogens is 2. The molecule has 0 saturated heterocycles. The van der Waals surface area contributed by atoms with E-state index in [-0.39, 0.29) is 15.7 Å². The highest BCUT2D eigenvalue weighted by atomic mass is 32.2. The Bertz CT molecular complexity index is 1010. The average Bonchev–Trinajstić information content (AvgIpc) is 3.09. The second-order valence-corrected chi connectivity index (χ2v) is 11.6. The number of hydrogen-bond donors (Lipinski definition) is 1. The van der Waals surface area contributed by atoms with E-state index >= 15 is 0 Å². The highest BCUT2D eigenvalue weighted by Crippen LogP contribution is 2.38. The van der Waals surface area contributed by atoms with Crippen LogP contribution in [0.5, 0.6) is 5.75 Å². The van der Waals surface area contributed by atoms with Gasteiger partial charge in [-0.15, -0.1) is 0 Å². The van der Waals surface area contributed by atoms with E-state index in [9.17, 15) is 8.42 Å². The van der Waals surface area contributed by atoms with Gasteiger partial charge in [0.2, 0.25) is 10.0 Å². The predicted molar refractivity (Wildman–Crippen MR) is 131 cm³/mol. The number of rotatable bonds is 12. The third-order valence-corrected chi connectivity index (χ3v) is 8.20. The average molecular weight is 464 g/mol. The molecule has 0 fully saturated rings. The Balaban J connectivity index is 1.97. The molecule has 0 spiro atoms. The molecule has 0 atom stereocenters. The molecule has 1 aromatic carbocycles. The SMILES string of the molecule is CCC(C)(C)c1ccc(OCCCCNS(=O)(=O)c2cn(C)nc2C)c(C(C)(C)CC)c1. The van der Waals surface area contributed by atoms with Gasteiger partial charge in [-0.3, -0.25) is 4.68 Å². The van der Waals surface area contributed by atoms with Crippen molar-refractivity contribution in [3.8, 4) is 5.75 Å². The number of aryl methyl sites for hydroxylation is 2. The molecule has 0 saturated carbocycles. The van der Waals surface area contributed by atoms with Crippen LogP contribution in [0.25, 0.3) is 0 Å². The molecule has 1 heterocycles. The molecule has 0 bridgehead atoms. The lowest BCUT2D eigenvalue weighted by Gasteiger charge is -2.30. The molecule has 2 aromatic rings. The molecule has 6 nitrogen and oxygen atoms in total. The lowest BCUT2D eigenvalue weighted by atomic mass is 9.76. The van der Waals surface area contributed by atoms with E-state index in [4.69, 9.17) is 4.74 Å². The Labute approximate surface area is 194 Å². The summed E-state index contributed by atoms with van der Waals surface area (Å²) in [6.07, 6.45) is 5.10. The molecule has 0 radical (unpaired) electrons. The van der Waals surface area contributed by atoms with E-state index in [2.05, 4.69) is 69.6 Å². The first-order valence-electron chi connectivity index (χ1n) is 11.6. The second kappa shape index (κ2) is 10.4. The van der Waals surface area contributed by atoms with Crippen LogP contribution < -0.4 is 9.46 Å². The minimum absolute atomic E-state index is 0.0202. The lowest BCUT2D eigenvalue weighted by Crippen LogP contribution is -2.25. The van der Waals surface area contributed by atoms with Gasteiger partial charge < -0.3 is 4.74 Å². The lowest BCUT2D eigenvalue weighted by molar-refractivity contribution is 0.296. The van der Waals surface area contributed by atoms with Crippen molar-refractivity contribution in [1.82, 2.24) is 14.5 Å². The smallest absolute Gasteiger partial charge is 0.243 e. The van der Waals surface area contributed by atoms with Crippen molar-refractivity contribution in [3.63, 3.8) is 0 Å². The van der Waals surface area contributed by atoms with Gasteiger partial charge in [0, 0.05) is 25.4 Å². The number of sulfonamides is 1. The van der Waals surface area contributed by atoms with E-state index in [1.54, 1.807) is 14.0 Å². The van der Waals surface area contributed by atoms with Gasteiger partial charge in [0.25, 0.3) is 0 Å². The van der Waals surface area contributed by atoms with Crippen LogP contribution >= 0.6 is 0 Å². The summed E-state index contributed by atoms with van der Waals surface area (Å²) in [6.45, 7) is 16.1. The first-order valence-corrected chi connectivity index (χ1v) is 13.1. The van der Waals surface area contributed by atoms with Crippen LogP contribution in [0.15, 0.2) is 29.3 Å². The van der Waals surface area contributed by atoms with E-state index < -0.39 is 10.0 Å². The Morgan fingerprint density at radius 3 is 2.28 bits per heavy atom. The van der Waals surface area contributed by atoms with Crippen molar-refractivity contribution >= 4 is 10.0 Å². The highest BCUT2D eigenvalue weighted by molar-refractivity contribution is 7.89.